The van der Waals surface area contributed by atoms with Crippen molar-refractivity contribution in [2.24, 2.45) is 0 Å². The zero-order chi connectivity index (χ0) is 8.10. The third-order valence-corrected chi connectivity index (χ3v) is 2.57. The van der Waals surface area contributed by atoms with E-state index in [2.05, 4.69) is 11.3 Å². The molecule has 1 rings (SSSR count). The van der Waals surface area contributed by atoms with Gasteiger partial charge in [-0.25, -0.2) is 0 Å². The lowest BCUT2D eigenvalue weighted by molar-refractivity contribution is 0.129. The topological polar surface area (TPSA) is 21.3 Å². The molecule has 1 saturated heterocycles. The van der Waals surface area contributed by atoms with Gasteiger partial charge in [0.05, 0.1) is 6.10 Å². The van der Waals surface area contributed by atoms with Gasteiger partial charge in [-0.15, -0.1) is 0 Å². The molecule has 0 radical (unpaired) electrons. The monoisotopic (exact) mass is 173 g/mol. The Labute approximate surface area is 72.5 Å². The second-order valence-corrected chi connectivity index (χ2v) is 3.65. The molecule has 1 fully saturated rings. The van der Waals surface area contributed by atoms with E-state index in [4.69, 9.17) is 4.74 Å². The Kier molecular flexibility index (Phi) is 3.80. The van der Waals surface area contributed by atoms with Gasteiger partial charge >= 0.3 is 0 Å². The summed E-state index contributed by atoms with van der Waals surface area (Å²) < 4.78 is 8.56. The van der Waals surface area contributed by atoms with Crippen molar-refractivity contribution in [2.45, 2.75) is 25.9 Å². The Balaban J connectivity index is 1.98. The predicted molar refractivity (Wildman–Crippen MR) is 49.4 cm³/mol. The summed E-state index contributed by atoms with van der Waals surface area (Å²) in [6, 6.07) is 0. The maximum Gasteiger partial charge on any atom is 0.0683 e. The fraction of sp³-hybridized carbons (Fsp3) is 0.750. The average molecular weight is 173 g/mol. The lowest BCUT2D eigenvalue weighted by Gasteiger charge is -2.08. The first-order chi connectivity index (χ1) is 5.29. The molecule has 0 aliphatic carbocycles. The Morgan fingerprint density at radius 1 is 1.82 bits per heavy atom. The van der Waals surface area contributed by atoms with Crippen LogP contribution in [0.1, 0.15) is 19.8 Å². The molecule has 3 heteroatoms. The van der Waals surface area contributed by atoms with E-state index >= 15 is 0 Å². The highest BCUT2D eigenvalue weighted by molar-refractivity contribution is 7.97. The first-order valence-corrected chi connectivity index (χ1v) is 4.92. The molecule has 0 amide bonds. The SMILES string of the molecule is C=C(C)NSCC1CCCO1. The van der Waals surface area contributed by atoms with Gasteiger partial charge in [-0.3, -0.25) is 0 Å². The second-order valence-electron chi connectivity index (χ2n) is 2.83. The molecule has 1 atom stereocenters. The van der Waals surface area contributed by atoms with Gasteiger partial charge < -0.3 is 9.46 Å². The van der Waals surface area contributed by atoms with Crippen LogP contribution in [-0.2, 0) is 4.74 Å². The van der Waals surface area contributed by atoms with Gasteiger partial charge in [0.25, 0.3) is 0 Å². The van der Waals surface area contributed by atoms with Crippen LogP contribution in [0.4, 0.5) is 0 Å². The van der Waals surface area contributed by atoms with E-state index < -0.39 is 0 Å². The van der Waals surface area contributed by atoms with Crippen molar-refractivity contribution in [3.8, 4) is 0 Å². The molecule has 0 bridgehead atoms. The minimum Gasteiger partial charge on any atom is -0.377 e. The predicted octanol–water partition coefficient (Wildman–Crippen LogP) is 1.94. The minimum absolute atomic E-state index is 0.465. The van der Waals surface area contributed by atoms with Gasteiger partial charge in [-0.05, 0) is 19.8 Å². The highest BCUT2D eigenvalue weighted by atomic mass is 32.2. The van der Waals surface area contributed by atoms with E-state index in [-0.39, 0.29) is 0 Å². The molecule has 0 aromatic rings. The van der Waals surface area contributed by atoms with Crippen LogP contribution in [0.15, 0.2) is 12.3 Å². The summed E-state index contributed by atoms with van der Waals surface area (Å²) in [6.45, 7) is 6.65. The molecule has 2 nitrogen and oxygen atoms in total. The van der Waals surface area contributed by atoms with E-state index in [1.165, 1.54) is 12.8 Å². The summed E-state index contributed by atoms with van der Waals surface area (Å²) >= 11 is 1.68. The van der Waals surface area contributed by atoms with Crippen LogP contribution in [0.5, 0.6) is 0 Å². The maximum absolute atomic E-state index is 5.44. The zero-order valence-corrected chi connectivity index (χ0v) is 7.75. The summed E-state index contributed by atoms with van der Waals surface area (Å²) in [5, 5.41) is 0. The van der Waals surface area contributed by atoms with Crippen molar-refractivity contribution in [1.29, 1.82) is 0 Å². The molecular weight excluding hydrogens is 158 g/mol. The molecule has 11 heavy (non-hydrogen) atoms. The van der Waals surface area contributed by atoms with E-state index in [1.54, 1.807) is 11.9 Å². The van der Waals surface area contributed by atoms with Crippen LogP contribution >= 0.6 is 11.9 Å². The minimum atomic E-state index is 0.465. The van der Waals surface area contributed by atoms with Crippen molar-refractivity contribution in [3.63, 3.8) is 0 Å². The fourth-order valence-corrected chi connectivity index (χ4v) is 1.81. The molecule has 0 aromatic carbocycles. The summed E-state index contributed by atoms with van der Waals surface area (Å²) in [5.74, 6) is 1.03. The quantitative estimate of drug-likeness (QED) is 0.656. The Morgan fingerprint density at radius 2 is 2.64 bits per heavy atom. The number of hydrogen-bond acceptors (Lipinski definition) is 3. The molecule has 1 aliphatic rings. The van der Waals surface area contributed by atoms with Crippen molar-refractivity contribution in [3.05, 3.63) is 12.3 Å². The second kappa shape index (κ2) is 4.67. The smallest absolute Gasteiger partial charge is 0.0683 e. The van der Waals surface area contributed by atoms with Crippen LogP contribution in [0, 0.1) is 0 Å². The molecule has 0 aromatic heterocycles. The summed E-state index contributed by atoms with van der Waals surface area (Å²) in [4.78, 5) is 0. The Morgan fingerprint density at radius 3 is 3.18 bits per heavy atom. The summed E-state index contributed by atoms with van der Waals surface area (Å²) in [6.07, 6.45) is 2.90. The van der Waals surface area contributed by atoms with Gasteiger partial charge in [0.2, 0.25) is 0 Å². The zero-order valence-electron chi connectivity index (χ0n) is 6.93. The van der Waals surface area contributed by atoms with E-state index in [0.29, 0.717) is 6.10 Å². The van der Waals surface area contributed by atoms with Crippen LogP contribution in [0.2, 0.25) is 0 Å². The first kappa shape index (κ1) is 8.94. The normalized spacial score (nSPS) is 23.5. The van der Waals surface area contributed by atoms with Gasteiger partial charge in [-0.2, -0.15) is 0 Å². The number of allylic oxidation sites excluding steroid dienone is 1. The molecule has 1 heterocycles. The van der Waals surface area contributed by atoms with E-state index in [1.807, 2.05) is 6.92 Å². The van der Waals surface area contributed by atoms with Crippen LogP contribution in [-0.4, -0.2) is 18.5 Å². The van der Waals surface area contributed by atoms with Crippen molar-refractivity contribution >= 4 is 11.9 Å². The number of nitrogens with one attached hydrogen (secondary N) is 1. The molecule has 1 aliphatic heterocycles. The van der Waals surface area contributed by atoms with Crippen molar-refractivity contribution in [1.82, 2.24) is 4.72 Å². The van der Waals surface area contributed by atoms with Crippen molar-refractivity contribution in [2.75, 3.05) is 12.4 Å². The maximum atomic E-state index is 5.44. The van der Waals surface area contributed by atoms with Crippen LogP contribution in [0.25, 0.3) is 0 Å². The third kappa shape index (κ3) is 3.68. The molecule has 1 unspecified atom stereocenters. The largest absolute Gasteiger partial charge is 0.377 e. The van der Waals surface area contributed by atoms with Gasteiger partial charge in [0.1, 0.15) is 0 Å². The number of ether oxygens (including phenoxy) is 1. The lowest BCUT2D eigenvalue weighted by Crippen LogP contribution is -2.12. The summed E-state index contributed by atoms with van der Waals surface area (Å²) in [7, 11) is 0. The van der Waals surface area contributed by atoms with Crippen LogP contribution < -0.4 is 4.72 Å². The Bertz CT molecular complexity index is 132. The average Bonchev–Trinajstić information content (AvgIpc) is 2.39. The fourth-order valence-electron chi connectivity index (χ4n) is 1.03. The number of hydrogen-bond donors (Lipinski definition) is 1. The molecule has 0 spiro atoms. The molecule has 0 saturated carbocycles. The highest BCUT2D eigenvalue weighted by Gasteiger charge is 2.14. The summed E-state index contributed by atoms with van der Waals surface area (Å²) in [5.41, 5.74) is 1.01. The standard InChI is InChI=1S/C8H15NOS/c1-7(2)9-11-6-8-4-3-5-10-8/h8-9H,1,3-6H2,2H3. The van der Waals surface area contributed by atoms with Gasteiger partial charge in [0.15, 0.2) is 0 Å². The van der Waals surface area contributed by atoms with E-state index in [0.717, 1.165) is 18.1 Å². The van der Waals surface area contributed by atoms with Gasteiger partial charge in [-0.1, -0.05) is 18.5 Å². The third-order valence-electron chi connectivity index (χ3n) is 1.54. The Hall–Kier alpha value is -0.150. The lowest BCUT2D eigenvalue weighted by atomic mass is 10.3. The number of rotatable bonds is 4. The first-order valence-electron chi connectivity index (χ1n) is 3.94. The van der Waals surface area contributed by atoms with E-state index in [9.17, 15) is 0 Å². The van der Waals surface area contributed by atoms with Gasteiger partial charge in [0, 0.05) is 18.1 Å². The molecular formula is C8H15NOS. The van der Waals surface area contributed by atoms with Crippen LogP contribution in [0.3, 0.4) is 0 Å². The molecule has 64 valence electrons. The molecule has 1 N–H and O–H groups in total. The van der Waals surface area contributed by atoms with Crippen molar-refractivity contribution < 1.29 is 4.74 Å². The highest BCUT2D eigenvalue weighted by Crippen LogP contribution is 2.15.